The molecule has 2 aromatic rings. The van der Waals surface area contributed by atoms with E-state index in [1.807, 2.05) is 42.5 Å². The highest BCUT2D eigenvalue weighted by Gasteiger charge is 2.17. The van der Waals surface area contributed by atoms with Crippen molar-refractivity contribution < 1.29 is 4.79 Å². The fourth-order valence-electron chi connectivity index (χ4n) is 2.01. The molecule has 0 fully saturated rings. The molecule has 0 aliphatic heterocycles. The summed E-state index contributed by atoms with van der Waals surface area (Å²) in [6.45, 7) is 0.367. The van der Waals surface area contributed by atoms with Crippen molar-refractivity contribution >= 4 is 17.5 Å². The van der Waals surface area contributed by atoms with E-state index >= 15 is 0 Å². The Morgan fingerprint density at radius 3 is 2.52 bits per heavy atom. The average molecular weight is 299 g/mol. The van der Waals surface area contributed by atoms with Crippen molar-refractivity contribution in [2.24, 2.45) is 5.92 Å². The molecule has 3 nitrogen and oxygen atoms in total. The molecule has 1 amide bonds. The molecule has 0 aliphatic rings. The number of rotatable bonds is 5. The lowest BCUT2D eigenvalue weighted by atomic mass is 10.00. The van der Waals surface area contributed by atoms with Crippen molar-refractivity contribution in [1.82, 2.24) is 5.32 Å². The number of carbonyl (C=O) groups excluding carboxylic acids is 1. The van der Waals surface area contributed by atoms with Gasteiger partial charge in [-0.1, -0.05) is 54.1 Å². The molecule has 0 heterocycles. The van der Waals surface area contributed by atoms with Crippen LogP contribution in [0.25, 0.3) is 0 Å². The second-order valence-electron chi connectivity index (χ2n) is 4.72. The lowest BCUT2D eigenvalue weighted by molar-refractivity contribution is -0.123. The summed E-state index contributed by atoms with van der Waals surface area (Å²) in [5, 5.41) is 12.6. The van der Waals surface area contributed by atoms with Gasteiger partial charge in [-0.15, -0.1) is 0 Å². The number of hydrogen-bond acceptors (Lipinski definition) is 2. The molecule has 4 heteroatoms. The van der Waals surface area contributed by atoms with Gasteiger partial charge in [-0.25, -0.2) is 0 Å². The summed E-state index contributed by atoms with van der Waals surface area (Å²) in [5.74, 6) is -0.951. The molecular weight excluding hydrogens is 284 g/mol. The number of hydrogen-bond donors (Lipinski definition) is 1. The maximum absolute atomic E-state index is 12.1. The molecule has 106 valence electrons. The van der Waals surface area contributed by atoms with Gasteiger partial charge in [0.15, 0.2) is 0 Å². The number of benzene rings is 2. The summed E-state index contributed by atoms with van der Waals surface area (Å²) in [6.07, 6.45) is 0.415. The number of nitriles is 1. The maximum Gasteiger partial charge on any atom is 0.237 e. The number of nitrogens with zero attached hydrogens (tertiary/aromatic N) is 1. The zero-order chi connectivity index (χ0) is 15.1. The van der Waals surface area contributed by atoms with Gasteiger partial charge in [-0.3, -0.25) is 4.79 Å². The normalized spacial score (nSPS) is 11.4. The van der Waals surface area contributed by atoms with Gasteiger partial charge in [0.1, 0.15) is 5.92 Å². The van der Waals surface area contributed by atoms with Crippen LogP contribution in [-0.4, -0.2) is 5.91 Å². The summed E-state index contributed by atoms with van der Waals surface area (Å²) >= 11 is 5.89. The van der Waals surface area contributed by atoms with E-state index in [9.17, 15) is 4.79 Å². The highest BCUT2D eigenvalue weighted by Crippen LogP contribution is 2.11. The molecule has 2 rings (SSSR count). The molecule has 0 saturated heterocycles. The van der Waals surface area contributed by atoms with E-state index in [2.05, 4.69) is 11.4 Å². The Labute approximate surface area is 129 Å². The van der Waals surface area contributed by atoms with E-state index in [4.69, 9.17) is 16.9 Å². The summed E-state index contributed by atoms with van der Waals surface area (Å²) < 4.78 is 0. The van der Waals surface area contributed by atoms with Gasteiger partial charge in [0.2, 0.25) is 5.91 Å². The second-order valence-corrected chi connectivity index (χ2v) is 5.16. The first-order valence-electron chi connectivity index (χ1n) is 6.65. The molecule has 1 N–H and O–H groups in total. The minimum absolute atomic E-state index is 0.263. The van der Waals surface area contributed by atoms with Crippen LogP contribution in [0.3, 0.4) is 0 Å². The van der Waals surface area contributed by atoms with Crippen LogP contribution < -0.4 is 5.32 Å². The quantitative estimate of drug-likeness (QED) is 0.920. The van der Waals surface area contributed by atoms with Gasteiger partial charge in [0, 0.05) is 11.6 Å². The summed E-state index contributed by atoms with van der Waals surface area (Å²) in [7, 11) is 0. The largest absolute Gasteiger partial charge is 0.351 e. The fraction of sp³-hybridized carbons (Fsp3) is 0.176. The second kappa shape index (κ2) is 7.47. The van der Waals surface area contributed by atoms with Crippen molar-refractivity contribution in [3.63, 3.8) is 0 Å². The molecule has 0 bridgehead atoms. The first-order valence-corrected chi connectivity index (χ1v) is 7.02. The van der Waals surface area contributed by atoms with Crippen LogP contribution in [0.1, 0.15) is 11.1 Å². The highest BCUT2D eigenvalue weighted by atomic mass is 35.5. The van der Waals surface area contributed by atoms with Crippen molar-refractivity contribution in [3.05, 3.63) is 70.7 Å². The average Bonchev–Trinajstić information content (AvgIpc) is 2.51. The number of halogens is 1. The van der Waals surface area contributed by atoms with Crippen LogP contribution in [0.5, 0.6) is 0 Å². The minimum Gasteiger partial charge on any atom is -0.351 e. The van der Waals surface area contributed by atoms with Gasteiger partial charge >= 0.3 is 0 Å². The Morgan fingerprint density at radius 1 is 1.14 bits per heavy atom. The van der Waals surface area contributed by atoms with Gasteiger partial charge < -0.3 is 5.32 Å². The van der Waals surface area contributed by atoms with E-state index in [1.165, 1.54) is 0 Å². The third-order valence-corrected chi connectivity index (χ3v) is 3.35. The predicted octanol–water partition coefficient (Wildman–Crippen LogP) is 3.34. The van der Waals surface area contributed by atoms with E-state index < -0.39 is 5.92 Å². The molecule has 1 atom stereocenters. The molecular formula is C17H15ClN2O. The van der Waals surface area contributed by atoms with Gasteiger partial charge in [0.25, 0.3) is 0 Å². The molecule has 0 radical (unpaired) electrons. The van der Waals surface area contributed by atoms with Crippen LogP contribution in [0.15, 0.2) is 54.6 Å². The Hall–Kier alpha value is -2.31. The fourth-order valence-corrected chi connectivity index (χ4v) is 2.22. The van der Waals surface area contributed by atoms with Gasteiger partial charge in [-0.05, 0) is 29.7 Å². The van der Waals surface area contributed by atoms with E-state index in [0.29, 0.717) is 18.0 Å². The van der Waals surface area contributed by atoms with Crippen molar-refractivity contribution in [3.8, 4) is 6.07 Å². The lowest BCUT2D eigenvalue weighted by Gasteiger charge is -2.10. The van der Waals surface area contributed by atoms with E-state index in [1.54, 1.807) is 12.1 Å². The maximum atomic E-state index is 12.1. The van der Waals surface area contributed by atoms with Crippen molar-refractivity contribution in [2.45, 2.75) is 13.0 Å². The standard InChI is InChI=1S/C17H15ClN2O/c18-16-8-4-7-14(10-16)12-20-17(21)15(11-19)9-13-5-2-1-3-6-13/h1-8,10,15H,9,12H2,(H,20,21). The highest BCUT2D eigenvalue weighted by molar-refractivity contribution is 6.30. The van der Waals surface area contributed by atoms with Crippen LogP contribution >= 0.6 is 11.6 Å². The number of carbonyl (C=O) groups is 1. The Kier molecular flexibility index (Phi) is 5.36. The van der Waals surface area contributed by atoms with E-state index in [-0.39, 0.29) is 5.91 Å². The number of amides is 1. The lowest BCUT2D eigenvalue weighted by Crippen LogP contribution is -2.30. The zero-order valence-electron chi connectivity index (χ0n) is 11.4. The van der Waals surface area contributed by atoms with Crippen molar-refractivity contribution in [1.29, 1.82) is 5.26 Å². The third kappa shape index (κ3) is 4.62. The number of nitrogens with one attached hydrogen (secondary N) is 1. The van der Waals surface area contributed by atoms with Gasteiger partial charge in [0.05, 0.1) is 6.07 Å². The molecule has 0 saturated carbocycles. The summed E-state index contributed by atoms with van der Waals surface area (Å²) in [4.78, 5) is 12.1. The predicted molar refractivity (Wildman–Crippen MR) is 82.5 cm³/mol. The van der Waals surface area contributed by atoms with Crippen LogP contribution in [0, 0.1) is 17.2 Å². The van der Waals surface area contributed by atoms with Crippen LogP contribution in [-0.2, 0) is 17.8 Å². The molecule has 0 aromatic heterocycles. The molecule has 2 aromatic carbocycles. The summed E-state index contributed by atoms with van der Waals surface area (Å²) in [5.41, 5.74) is 1.88. The molecule has 0 spiro atoms. The Balaban J connectivity index is 1.93. The molecule has 21 heavy (non-hydrogen) atoms. The molecule has 0 aliphatic carbocycles. The Bertz CT molecular complexity index is 649. The summed E-state index contributed by atoms with van der Waals surface area (Å²) in [6, 6.07) is 18.9. The van der Waals surface area contributed by atoms with Crippen LogP contribution in [0.4, 0.5) is 0 Å². The zero-order valence-corrected chi connectivity index (χ0v) is 12.2. The van der Waals surface area contributed by atoms with Gasteiger partial charge in [-0.2, -0.15) is 5.26 Å². The first kappa shape index (κ1) is 15.1. The minimum atomic E-state index is -0.688. The third-order valence-electron chi connectivity index (χ3n) is 3.11. The molecule has 1 unspecified atom stereocenters. The van der Waals surface area contributed by atoms with Crippen molar-refractivity contribution in [2.75, 3.05) is 0 Å². The van der Waals surface area contributed by atoms with E-state index in [0.717, 1.165) is 11.1 Å². The van der Waals surface area contributed by atoms with Crippen LogP contribution in [0.2, 0.25) is 5.02 Å². The first-order chi connectivity index (χ1) is 10.2. The SMILES string of the molecule is N#CC(Cc1ccccc1)C(=O)NCc1cccc(Cl)c1. The monoisotopic (exact) mass is 298 g/mol. The smallest absolute Gasteiger partial charge is 0.237 e. The topological polar surface area (TPSA) is 52.9 Å². The Morgan fingerprint density at radius 2 is 1.86 bits per heavy atom.